The van der Waals surface area contributed by atoms with Crippen molar-refractivity contribution >= 4 is 27.5 Å². The van der Waals surface area contributed by atoms with Crippen LogP contribution in [0.5, 0.6) is 11.5 Å². The summed E-state index contributed by atoms with van der Waals surface area (Å²) in [5.74, 6) is -1.06. The van der Waals surface area contributed by atoms with Crippen LogP contribution in [0.25, 0.3) is 0 Å². The average molecular weight is 509 g/mol. The summed E-state index contributed by atoms with van der Waals surface area (Å²) < 4.78 is 52.9. The Morgan fingerprint density at radius 1 is 1.21 bits per heavy atom. The van der Waals surface area contributed by atoms with Crippen molar-refractivity contribution in [1.29, 1.82) is 0 Å². The van der Waals surface area contributed by atoms with E-state index in [2.05, 4.69) is 5.32 Å². The number of hydrogen-bond acceptors (Lipinski definition) is 6. The highest BCUT2D eigenvalue weighted by molar-refractivity contribution is 7.90. The molecule has 34 heavy (non-hydrogen) atoms. The van der Waals surface area contributed by atoms with Gasteiger partial charge in [0.2, 0.25) is 0 Å². The summed E-state index contributed by atoms with van der Waals surface area (Å²) in [4.78, 5) is 12.4. The van der Waals surface area contributed by atoms with Gasteiger partial charge in [0.05, 0.1) is 28.4 Å². The molecule has 2 fully saturated rings. The van der Waals surface area contributed by atoms with Crippen molar-refractivity contribution < 1.29 is 27.1 Å². The quantitative estimate of drug-likeness (QED) is 0.513. The lowest BCUT2D eigenvalue weighted by Crippen LogP contribution is -2.31. The molecule has 2 aromatic rings. The minimum Gasteiger partial charge on any atom is -0.492 e. The normalized spacial score (nSPS) is 17.8. The second kappa shape index (κ2) is 10.8. The maximum Gasteiger partial charge on any atom is 0.268 e. The van der Waals surface area contributed by atoms with E-state index in [0.29, 0.717) is 18.3 Å². The lowest BCUT2D eigenvalue weighted by atomic mass is 10.1. The first kappa shape index (κ1) is 24.5. The zero-order chi connectivity index (χ0) is 24.1. The van der Waals surface area contributed by atoms with Crippen LogP contribution in [0.15, 0.2) is 53.1 Å². The van der Waals surface area contributed by atoms with E-state index in [1.54, 1.807) is 6.26 Å². The molecule has 0 atom stereocenters. The van der Waals surface area contributed by atoms with Gasteiger partial charge in [-0.05, 0) is 67.6 Å². The molecule has 1 saturated heterocycles. The molecule has 7 nitrogen and oxygen atoms in total. The van der Waals surface area contributed by atoms with E-state index in [1.807, 2.05) is 4.72 Å². The van der Waals surface area contributed by atoms with Crippen LogP contribution in [0.2, 0.25) is 5.02 Å². The average Bonchev–Trinajstić information content (AvgIpc) is 3.52. The van der Waals surface area contributed by atoms with E-state index >= 15 is 0 Å². The van der Waals surface area contributed by atoms with Crippen molar-refractivity contribution in [2.24, 2.45) is 5.92 Å². The monoisotopic (exact) mass is 508 g/mol. The van der Waals surface area contributed by atoms with Crippen LogP contribution in [-0.2, 0) is 10.0 Å². The number of ether oxygens (including phenoxy) is 2. The van der Waals surface area contributed by atoms with Gasteiger partial charge in [-0.15, -0.1) is 0 Å². The molecule has 10 heteroatoms. The van der Waals surface area contributed by atoms with E-state index in [1.165, 1.54) is 24.3 Å². The topological polar surface area (TPSA) is 93.7 Å². The van der Waals surface area contributed by atoms with Gasteiger partial charge in [-0.2, -0.15) is 0 Å². The van der Waals surface area contributed by atoms with Crippen LogP contribution in [0.1, 0.15) is 42.5 Å². The summed E-state index contributed by atoms with van der Waals surface area (Å²) in [6, 6.07) is 7.66. The van der Waals surface area contributed by atoms with Gasteiger partial charge < -0.3 is 14.8 Å². The maximum absolute atomic E-state index is 14.6. The summed E-state index contributed by atoms with van der Waals surface area (Å²) in [5, 5.41) is 3.22. The van der Waals surface area contributed by atoms with Gasteiger partial charge in [0, 0.05) is 12.6 Å². The Kier molecular flexibility index (Phi) is 7.75. The highest BCUT2D eigenvalue weighted by Gasteiger charge is 2.23. The van der Waals surface area contributed by atoms with Crippen molar-refractivity contribution in [3.05, 3.63) is 64.6 Å². The SMILES string of the molecule is O=C(NS(=O)(=O)c1ccc(O/C=C2\CCNC2)cc1)c1cc(Cl)c(OCC2CCCC2)cc1F. The maximum atomic E-state index is 14.6. The summed E-state index contributed by atoms with van der Waals surface area (Å²) in [7, 11) is -4.24. The van der Waals surface area contributed by atoms with E-state index in [4.69, 9.17) is 21.1 Å². The summed E-state index contributed by atoms with van der Waals surface area (Å²) in [5.41, 5.74) is 0.623. The van der Waals surface area contributed by atoms with E-state index in [9.17, 15) is 17.6 Å². The number of nitrogens with one attached hydrogen (secondary N) is 2. The van der Waals surface area contributed by atoms with Crippen LogP contribution >= 0.6 is 11.6 Å². The molecule has 0 unspecified atom stereocenters. The van der Waals surface area contributed by atoms with Crippen LogP contribution in [0, 0.1) is 11.7 Å². The van der Waals surface area contributed by atoms with E-state index in [-0.39, 0.29) is 15.7 Å². The lowest BCUT2D eigenvalue weighted by molar-refractivity contribution is 0.0977. The van der Waals surface area contributed by atoms with E-state index < -0.39 is 27.3 Å². The van der Waals surface area contributed by atoms with E-state index in [0.717, 1.165) is 62.9 Å². The van der Waals surface area contributed by atoms with Crippen molar-refractivity contribution in [2.75, 3.05) is 19.7 Å². The van der Waals surface area contributed by atoms with Crippen LogP contribution in [0.4, 0.5) is 4.39 Å². The van der Waals surface area contributed by atoms with Crippen LogP contribution < -0.4 is 19.5 Å². The second-order valence-electron chi connectivity index (χ2n) is 8.45. The number of carbonyl (C=O) groups is 1. The molecule has 0 aromatic heterocycles. The van der Waals surface area contributed by atoms with Gasteiger partial charge in [-0.1, -0.05) is 24.4 Å². The third-order valence-electron chi connectivity index (χ3n) is 5.91. The Balaban J connectivity index is 1.40. The predicted octanol–water partition coefficient (Wildman–Crippen LogP) is 4.42. The van der Waals surface area contributed by atoms with Gasteiger partial charge in [-0.25, -0.2) is 17.5 Å². The molecular formula is C24H26ClFN2O5S. The molecule has 1 aliphatic heterocycles. The molecular weight excluding hydrogens is 483 g/mol. The minimum atomic E-state index is -4.24. The minimum absolute atomic E-state index is 0.0371. The number of benzene rings is 2. The van der Waals surface area contributed by atoms with Gasteiger partial charge in [0.1, 0.15) is 17.3 Å². The largest absolute Gasteiger partial charge is 0.492 e. The molecule has 1 aliphatic carbocycles. The van der Waals surface area contributed by atoms with Crippen LogP contribution in [0.3, 0.4) is 0 Å². The number of amides is 1. The molecule has 4 rings (SSSR count). The first-order chi connectivity index (χ1) is 16.3. The first-order valence-electron chi connectivity index (χ1n) is 11.2. The lowest BCUT2D eigenvalue weighted by Gasteiger charge is -2.14. The molecule has 2 aliphatic rings. The number of carbonyl (C=O) groups excluding carboxylic acids is 1. The highest BCUT2D eigenvalue weighted by Crippen LogP contribution is 2.31. The molecule has 2 aromatic carbocycles. The zero-order valence-corrected chi connectivity index (χ0v) is 20.1. The molecule has 1 heterocycles. The predicted molar refractivity (Wildman–Crippen MR) is 126 cm³/mol. The van der Waals surface area contributed by atoms with Gasteiger partial charge in [-0.3, -0.25) is 4.79 Å². The third kappa shape index (κ3) is 6.08. The van der Waals surface area contributed by atoms with Crippen molar-refractivity contribution in [2.45, 2.75) is 37.0 Å². The number of hydrogen-bond donors (Lipinski definition) is 2. The Morgan fingerprint density at radius 3 is 2.62 bits per heavy atom. The summed E-state index contributed by atoms with van der Waals surface area (Å²) in [6.45, 7) is 2.08. The third-order valence-corrected chi connectivity index (χ3v) is 7.56. The first-order valence-corrected chi connectivity index (χ1v) is 13.0. The fourth-order valence-electron chi connectivity index (χ4n) is 3.97. The number of rotatable bonds is 8. The molecule has 0 bridgehead atoms. The highest BCUT2D eigenvalue weighted by atomic mass is 35.5. The standard InChI is InChI=1S/C24H26ClFN2O5S/c25-21-11-20(22(26)12-23(21)33-14-16-3-1-2-4-16)24(29)28-34(30,31)19-7-5-18(6-8-19)32-15-17-9-10-27-13-17/h5-8,11-12,15-16,27H,1-4,9-10,13-14H2,(H,28,29)/b17-15+. The molecule has 0 spiro atoms. The molecule has 1 amide bonds. The Labute approximate surface area is 203 Å². The molecule has 2 N–H and O–H groups in total. The summed E-state index contributed by atoms with van der Waals surface area (Å²) in [6.07, 6.45) is 6.94. The molecule has 182 valence electrons. The van der Waals surface area contributed by atoms with Crippen LogP contribution in [-0.4, -0.2) is 34.0 Å². The Bertz CT molecular complexity index is 1170. The smallest absolute Gasteiger partial charge is 0.268 e. The fourth-order valence-corrected chi connectivity index (χ4v) is 5.15. The molecule has 0 radical (unpaired) electrons. The van der Waals surface area contributed by atoms with Gasteiger partial charge in [0.15, 0.2) is 0 Å². The Morgan fingerprint density at radius 2 is 1.94 bits per heavy atom. The second-order valence-corrected chi connectivity index (χ2v) is 10.5. The molecule has 1 saturated carbocycles. The van der Waals surface area contributed by atoms with Crippen molar-refractivity contribution in [3.63, 3.8) is 0 Å². The van der Waals surface area contributed by atoms with Crippen molar-refractivity contribution in [1.82, 2.24) is 10.0 Å². The van der Waals surface area contributed by atoms with Crippen molar-refractivity contribution in [3.8, 4) is 11.5 Å². The summed E-state index contributed by atoms with van der Waals surface area (Å²) >= 11 is 6.17. The number of halogens is 2. The van der Waals surface area contributed by atoms with Gasteiger partial charge >= 0.3 is 0 Å². The zero-order valence-electron chi connectivity index (χ0n) is 18.5. The number of sulfonamides is 1. The Hall–Kier alpha value is -2.62. The van der Waals surface area contributed by atoms with Gasteiger partial charge in [0.25, 0.3) is 15.9 Å². The fraction of sp³-hybridized carbons (Fsp3) is 0.375.